The van der Waals surface area contributed by atoms with E-state index in [9.17, 15) is 28.8 Å². The molecule has 0 aromatic carbocycles. The van der Waals surface area contributed by atoms with E-state index in [1.807, 2.05) is 23.5 Å². The van der Waals surface area contributed by atoms with Crippen LogP contribution in [0.2, 0.25) is 31.9 Å². The summed E-state index contributed by atoms with van der Waals surface area (Å²) in [6.07, 6.45) is 35.4. The number of nitrogens with one attached hydrogen (secondary N) is 3. The van der Waals surface area contributed by atoms with Crippen molar-refractivity contribution >= 4 is 116 Å². The van der Waals surface area contributed by atoms with Crippen LogP contribution in [-0.2, 0) is 71.4 Å². The summed E-state index contributed by atoms with van der Waals surface area (Å²) >= 11 is 8.05. The van der Waals surface area contributed by atoms with Gasteiger partial charge in [0.25, 0.3) is 0 Å². The minimum atomic E-state index is -0.394. The number of ether oxygens (including phenoxy) is 9. The van der Waals surface area contributed by atoms with Gasteiger partial charge in [-0.05, 0) is 86.5 Å². The van der Waals surface area contributed by atoms with Crippen LogP contribution in [0.1, 0.15) is 197 Å². The van der Waals surface area contributed by atoms with Gasteiger partial charge in [0.1, 0.15) is 13.2 Å². The first-order chi connectivity index (χ1) is 49.6. The van der Waals surface area contributed by atoms with Crippen molar-refractivity contribution in [2.45, 2.75) is 247 Å². The van der Waals surface area contributed by atoms with E-state index in [-0.39, 0.29) is 29.7 Å². The standard InChI is InChI=1S/C9H17NO2.C9H17NOS.C9H17NOSe.C9H16O3.C9H16O2S.C9H16O2Se.C8H16O2.C8H16OS.C8H16OSe/c3*1-3-5-7-12-8-6-10-9(11)4-2;1-3-5-6-11-7-8-12-9(10)4-2;2*1-3-5-7-12-8-6-11-9(10)4-2;1-2-3-5-9-6-4-8-7-10-8;2*1-2-3-5-10-6-4-8-7-9-8/h3*4H,2-3,5-8H2,1H3,(H,10,11);3*4H,2-3,5-8H2,1H3;3*8H,2-7H2,1H3. The van der Waals surface area contributed by atoms with Crippen LogP contribution < -0.4 is 16.0 Å². The molecule has 3 heterocycles. The molecule has 0 aromatic rings. The van der Waals surface area contributed by atoms with Crippen LogP contribution in [0.3, 0.4) is 0 Å². The molecule has 3 amide bonds. The van der Waals surface area contributed by atoms with Crippen molar-refractivity contribution in [3.8, 4) is 0 Å². The van der Waals surface area contributed by atoms with Crippen molar-refractivity contribution in [2.75, 3.05) is 133 Å². The molecule has 3 N–H and O–H groups in total. The molecule has 0 aliphatic carbocycles. The Labute approximate surface area is 655 Å². The summed E-state index contributed by atoms with van der Waals surface area (Å²) in [5.74, 6) is 5.57. The zero-order valence-electron chi connectivity index (χ0n) is 65.5. The van der Waals surface area contributed by atoms with E-state index < -0.39 is 5.97 Å². The van der Waals surface area contributed by atoms with Gasteiger partial charge in [0.05, 0.1) is 38.6 Å². The van der Waals surface area contributed by atoms with Crippen molar-refractivity contribution in [3.63, 3.8) is 0 Å². The van der Waals surface area contributed by atoms with E-state index in [0.29, 0.717) is 87.8 Å². The third-order valence-electron chi connectivity index (χ3n) is 12.8. The first-order valence-corrected chi connectivity index (χ1v) is 48.5. The Kier molecular flexibility index (Phi) is 109. The fourth-order valence-corrected chi connectivity index (χ4v) is 15.4. The second kappa shape index (κ2) is 101. The van der Waals surface area contributed by atoms with Gasteiger partial charge in [-0.1, -0.05) is 106 Å². The molecule has 0 radical (unpaired) electrons. The summed E-state index contributed by atoms with van der Waals surface area (Å²) < 4.78 is 45.3. The van der Waals surface area contributed by atoms with Crippen molar-refractivity contribution < 1.29 is 71.4 Å². The van der Waals surface area contributed by atoms with Gasteiger partial charge in [-0.25, -0.2) is 9.59 Å². The van der Waals surface area contributed by atoms with Crippen molar-refractivity contribution in [2.24, 2.45) is 0 Å². The van der Waals surface area contributed by atoms with Gasteiger partial charge in [-0.15, -0.1) is 0 Å². The normalized spacial score (nSPS) is 13.4. The van der Waals surface area contributed by atoms with Crippen molar-refractivity contribution in [1.82, 2.24) is 16.0 Å². The monoisotopic (exact) mass is 1700 g/mol. The van der Waals surface area contributed by atoms with Crippen LogP contribution in [0.4, 0.5) is 0 Å². The fraction of sp³-hybridized carbons (Fsp3) is 0.769. The molecule has 3 atom stereocenters. The van der Waals surface area contributed by atoms with Gasteiger partial charge in [-0.3, -0.25) is 9.59 Å². The Morgan fingerprint density at radius 3 is 1.12 bits per heavy atom. The number of carbonyl (C=O) groups is 6. The van der Waals surface area contributed by atoms with E-state index in [1.54, 1.807) is 0 Å². The Bertz CT molecular complexity index is 1580. The van der Waals surface area contributed by atoms with E-state index in [1.165, 1.54) is 172 Å². The average Bonchev–Trinajstić information content (AvgIpc) is 1.88. The van der Waals surface area contributed by atoms with Crippen LogP contribution in [0.5, 0.6) is 0 Å². The molecule has 600 valence electrons. The van der Waals surface area contributed by atoms with E-state index in [2.05, 4.69) is 134 Å². The molecule has 3 unspecified atom stereocenters. The third-order valence-corrected chi connectivity index (χ3v) is 22.8. The van der Waals surface area contributed by atoms with Gasteiger partial charge in [-0.2, -0.15) is 35.3 Å². The predicted octanol–water partition coefficient (Wildman–Crippen LogP) is 16.4. The van der Waals surface area contributed by atoms with Gasteiger partial charge in [0.2, 0.25) is 11.8 Å². The molecule has 0 spiro atoms. The molecule has 3 saturated heterocycles. The van der Waals surface area contributed by atoms with Crippen LogP contribution in [0.25, 0.3) is 0 Å². The van der Waals surface area contributed by atoms with Crippen LogP contribution in [0.15, 0.2) is 75.9 Å². The molecule has 102 heavy (non-hydrogen) atoms. The summed E-state index contributed by atoms with van der Waals surface area (Å²) in [7, 11) is 0. The minimum absolute atomic E-state index is 0.0544. The quantitative estimate of drug-likeness (QED) is 0.0128. The fourth-order valence-electron chi connectivity index (χ4n) is 6.22. The molecular formula is C78H147N3O15S3Se3. The number of esters is 3. The Hall–Kier alpha value is -2.37. The second-order valence-corrected chi connectivity index (χ2v) is 33.9. The van der Waals surface area contributed by atoms with Gasteiger partial charge >= 0.3 is 242 Å². The van der Waals surface area contributed by atoms with Gasteiger partial charge < -0.3 is 43.8 Å². The maximum atomic E-state index is 10.7. The first kappa shape index (κ1) is 111. The SMILES string of the molecule is C=CC(=O)NCCOCCCC.C=CC(=O)NCCSCCCC.C=CC(=O)NCC[Se]CCCC.C=CC(=O)OCCOCCCC.C=CC(=O)OCCSCCCC.C=CC(=O)OCC[Se]CCCC.CCCCOCCC1CO1.CCCCSCCC1CO1.CCCC[Se]CCC1CO1. The van der Waals surface area contributed by atoms with Crippen LogP contribution in [-0.4, -0.2) is 232 Å². The zero-order valence-corrected chi connectivity index (χ0v) is 73.0. The summed E-state index contributed by atoms with van der Waals surface area (Å²) in [6, 6.07) is 0. The molecule has 24 heteroatoms. The number of hydrogen-bond acceptors (Lipinski definition) is 18. The van der Waals surface area contributed by atoms with E-state index in [0.717, 1.165) is 140 Å². The van der Waals surface area contributed by atoms with Crippen LogP contribution >= 0.6 is 35.3 Å². The average molecular weight is 1700 g/mol. The predicted molar refractivity (Wildman–Crippen MR) is 441 cm³/mol. The number of carbonyl (C=O) groups excluding carboxylic acids is 6. The molecule has 0 aromatic heterocycles. The Balaban J connectivity index is -0.000000254. The summed E-state index contributed by atoms with van der Waals surface area (Å²) in [6.45, 7) is 50.5. The molecular weight excluding hydrogens is 1550 g/mol. The Morgan fingerprint density at radius 1 is 0.333 bits per heavy atom. The Morgan fingerprint density at radius 2 is 0.686 bits per heavy atom. The number of rotatable bonds is 60. The van der Waals surface area contributed by atoms with E-state index >= 15 is 0 Å². The topological polar surface area (TPSA) is 231 Å². The molecule has 3 fully saturated rings. The summed E-state index contributed by atoms with van der Waals surface area (Å²) in [5, 5.41) is 15.9. The second-order valence-electron chi connectivity index (χ2n) is 22.5. The van der Waals surface area contributed by atoms with Crippen molar-refractivity contribution in [3.05, 3.63) is 75.9 Å². The maximum absolute atomic E-state index is 10.7. The molecule has 3 aliphatic heterocycles. The third kappa shape index (κ3) is 119. The number of hydrogen-bond donors (Lipinski definition) is 3. The molecule has 0 saturated carbocycles. The van der Waals surface area contributed by atoms with Gasteiger partial charge in [0.15, 0.2) is 0 Å². The molecule has 0 bridgehead atoms. The molecule has 3 rings (SSSR count). The number of epoxide rings is 3. The summed E-state index contributed by atoms with van der Waals surface area (Å²) in [4.78, 5) is 63.6. The van der Waals surface area contributed by atoms with Gasteiger partial charge in [0, 0.05) is 63.2 Å². The number of unbranched alkanes of at least 4 members (excludes halogenated alkanes) is 9. The zero-order chi connectivity index (χ0) is 77.1. The molecule has 18 nitrogen and oxygen atoms in total. The van der Waals surface area contributed by atoms with E-state index in [4.69, 9.17) is 37.9 Å². The first-order valence-electron chi connectivity index (χ1n) is 37.8. The number of amides is 3. The number of thioether (sulfide) groups is 3. The van der Waals surface area contributed by atoms with Crippen LogP contribution in [0, 0.1) is 0 Å². The van der Waals surface area contributed by atoms with Crippen molar-refractivity contribution in [1.29, 1.82) is 0 Å². The molecule has 3 aliphatic rings. The summed E-state index contributed by atoms with van der Waals surface area (Å²) in [5.41, 5.74) is 0.